The Morgan fingerprint density at radius 2 is 2.17 bits per heavy atom. The average molecular weight is 345 g/mol. The first kappa shape index (κ1) is 14.6. The summed E-state index contributed by atoms with van der Waals surface area (Å²) in [5.74, 6) is 0.882. The van der Waals surface area contributed by atoms with Crippen molar-refractivity contribution in [1.82, 2.24) is 5.16 Å². The van der Waals surface area contributed by atoms with Gasteiger partial charge in [-0.2, -0.15) is 0 Å². The van der Waals surface area contributed by atoms with E-state index in [1.807, 2.05) is 42.5 Å². The van der Waals surface area contributed by atoms with E-state index in [0.717, 1.165) is 21.7 Å². The van der Waals surface area contributed by atoms with Crippen molar-refractivity contribution >= 4 is 45.9 Å². The van der Waals surface area contributed by atoms with Crippen LogP contribution in [-0.4, -0.2) is 23.4 Å². The lowest BCUT2D eigenvalue weighted by Gasteiger charge is -2.29. The summed E-state index contributed by atoms with van der Waals surface area (Å²) in [7, 11) is 0. The average Bonchev–Trinajstić information content (AvgIpc) is 2.97. The number of fused-ring (bicyclic) bond motifs is 2. The topological polar surface area (TPSA) is 46.3 Å². The van der Waals surface area contributed by atoms with Gasteiger partial charge in [-0.15, -0.1) is 11.8 Å². The van der Waals surface area contributed by atoms with Crippen LogP contribution in [0.1, 0.15) is 5.69 Å². The standard InChI is InChI=1S/C17H13ClN2O2S/c18-11-5-6-16-14(9-11)20(7-8-23-16)17(21)10-13-12-3-1-2-4-15(12)22-19-13/h1-6,9H,7-8,10H2. The van der Waals surface area contributed by atoms with E-state index < -0.39 is 0 Å². The normalized spacial score (nSPS) is 14.0. The van der Waals surface area contributed by atoms with Crippen LogP contribution in [0.4, 0.5) is 5.69 Å². The van der Waals surface area contributed by atoms with Crippen LogP contribution in [0.15, 0.2) is 51.9 Å². The molecule has 0 N–H and O–H groups in total. The lowest BCUT2D eigenvalue weighted by molar-refractivity contribution is -0.118. The smallest absolute Gasteiger partial charge is 0.233 e. The van der Waals surface area contributed by atoms with Crippen molar-refractivity contribution in [3.05, 3.63) is 53.2 Å². The molecule has 4 rings (SSSR count). The highest BCUT2D eigenvalue weighted by molar-refractivity contribution is 7.99. The molecule has 1 amide bonds. The van der Waals surface area contributed by atoms with Crippen molar-refractivity contribution in [2.75, 3.05) is 17.2 Å². The van der Waals surface area contributed by atoms with Crippen molar-refractivity contribution in [2.24, 2.45) is 0 Å². The Bertz CT molecular complexity index is 893. The van der Waals surface area contributed by atoms with Crippen LogP contribution in [0.25, 0.3) is 11.0 Å². The summed E-state index contributed by atoms with van der Waals surface area (Å²) in [4.78, 5) is 15.7. The molecule has 1 aromatic heterocycles. The van der Waals surface area contributed by atoms with Crippen LogP contribution in [0.2, 0.25) is 5.02 Å². The molecule has 0 saturated heterocycles. The minimum absolute atomic E-state index is 0.00729. The van der Waals surface area contributed by atoms with Gasteiger partial charge in [0, 0.05) is 27.6 Å². The van der Waals surface area contributed by atoms with Gasteiger partial charge in [0.05, 0.1) is 12.1 Å². The molecule has 6 heteroatoms. The predicted octanol–water partition coefficient (Wildman–Crippen LogP) is 4.16. The molecule has 1 aliphatic heterocycles. The van der Waals surface area contributed by atoms with Gasteiger partial charge in [-0.1, -0.05) is 28.9 Å². The number of amides is 1. The Morgan fingerprint density at radius 3 is 3.09 bits per heavy atom. The largest absolute Gasteiger partial charge is 0.356 e. The van der Waals surface area contributed by atoms with E-state index >= 15 is 0 Å². The van der Waals surface area contributed by atoms with Gasteiger partial charge in [0.15, 0.2) is 5.58 Å². The molecule has 0 aliphatic carbocycles. The molecule has 0 spiro atoms. The Hall–Kier alpha value is -1.98. The first-order valence-corrected chi connectivity index (χ1v) is 8.65. The van der Waals surface area contributed by atoms with Gasteiger partial charge in [-0.25, -0.2) is 0 Å². The summed E-state index contributed by atoms with van der Waals surface area (Å²) < 4.78 is 5.28. The Balaban J connectivity index is 1.64. The molecule has 0 radical (unpaired) electrons. The molecule has 0 bridgehead atoms. The maximum Gasteiger partial charge on any atom is 0.233 e. The van der Waals surface area contributed by atoms with E-state index in [2.05, 4.69) is 5.16 Å². The molecule has 116 valence electrons. The quantitative estimate of drug-likeness (QED) is 0.700. The third-order valence-electron chi connectivity index (χ3n) is 3.86. The highest BCUT2D eigenvalue weighted by atomic mass is 35.5. The van der Waals surface area contributed by atoms with Crippen LogP contribution in [-0.2, 0) is 11.2 Å². The zero-order valence-corrected chi connectivity index (χ0v) is 13.7. The SMILES string of the molecule is O=C(Cc1noc2ccccc12)N1CCSc2ccc(Cl)cc21. The third kappa shape index (κ3) is 2.71. The number of carbonyl (C=O) groups excluding carboxylic acids is 1. The van der Waals surface area contributed by atoms with E-state index in [9.17, 15) is 4.79 Å². The molecule has 3 aromatic rings. The van der Waals surface area contributed by atoms with Crippen molar-refractivity contribution in [3.63, 3.8) is 0 Å². The Kier molecular flexibility index (Phi) is 3.75. The Morgan fingerprint density at radius 1 is 1.30 bits per heavy atom. The van der Waals surface area contributed by atoms with E-state index in [1.54, 1.807) is 16.7 Å². The zero-order valence-electron chi connectivity index (χ0n) is 12.2. The minimum Gasteiger partial charge on any atom is -0.356 e. The van der Waals surface area contributed by atoms with Crippen LogP contribution in [0, 0.1) is 0 Å². The second-order valence-electron chi connectivity index (χ2n) is 5.31. The van der Waals surface area contributed by atoms with Crippen molar-refractivity contribution < 1.29 is 9.32 Å². The van der Waals surface area contributed by atoms with E-state index in [0.29, 0.717) is 22.8 Å². The first-order valence-electron chi connectivity index (χ1n) is 7.28. The number of halogens is 1. The maximum atomic E-state index is 12.8. The molecule has 2 heterocycles. The van der Waals surface area contributed by atoms with Crippen LogP contribution < -0.4 is 4.90 Å². The summed E-state index contributed by atoms with van der Waals surface area (Å²) in [5.41, 5.74) is 2.26. The fourth-order valence-electron chi connectivity index (χ4n) is 2.75. The van der Waals surface area contributed by atoms with Crippen molar-refractivity contribution in [1.29, 1.82) is 0 Å². The predicted molar refractivity (Wildman–Crippen MR) is 92.2 cm³/mol. The lowest BCUT2D eigenvalue weighted by Crippen LogP contribution is -2.36. The molecule has 0 unspecified atom stereocenters. The van der Waals surface area contributed by atoms with Gasteiger partial charge in [-0.3, -0.25) is 4.79 Å². The number of para-hydroxylation sites is 1. The maximum absolute atomic E-state index is 12.8. The van der Waals surface area contributed by atoms with E-state index in [1.165, 1.54) is 0 Å². The van der Waals surface area contributed by atoms with Crippen LogP contribution in [0.3, 0.4) is 0 Å². The second kappa shape index (κ2) is 5.91. The molecule has 4 nitrogen and oxygen atoms in total. The zero-order chi connectivity index (χ0) is 15.8. The third-order valence-corrected chi connectivity index (χ3v) is 5.13. The highest BCUT2D eigenvalue weighted by Crippen LogP contribution is 2.37. The van der Waals surface area contributed by atoms with Crippen LogP contribution >= 0.6 is 23.4 Å². The summed E-state index contributed by atoms with van der Waals surface area (Å²) in [6, 6.07) is 13.2. The summed E-state index contributed by atoms with van der Waals surface area (Å²) >= 11 is 7.84. The molecular formula is C17H13ClN2O2S. The van der Waals surface area contributed by atoms with Gasteiger partial charge in [0.25, 0.3) is 0 Å². The fraction of sp³-hybridized carbons (Fsp3) is 0.176. The highest BCUT2D eigenvalue weighted by Gasteiger charge is 2.24. The first-order chi connectivity index (χ1) is 11.2. The number of rotatable bonds is 2. The van der Waals surface area contributed by atoms with Crippen LogP contribution in [0.5, 0.6) is 0 Å². The van der Waals surface area contributed by atoms with Gasteiger partial charge < -0.3 is 9.42 Å². The van der Waals surface area contributed by atoms with Gasteiger partial charge in [-0.05, 0) is 30.3 Å². The number of thioether (sulfide) groups is 1. The molecule has 0 fully saturated rings. The number of nitrogens with zero attached hydrogens (tertiary/aromatic N) is 2. The second-order valence-corrected chi connectivity index (χ2v) is 6.88. The molecule has 1 aliphatic rings. The number of hydrogen-bond acceptors (Lipinski definition) is 4. The van der Waals surface area contributed by atoms with Gasteiger partial charge in [0.2, 0.25) is 5.91 Å². The lowest BCUT2D eigenvalue weighted by atomic mass is 10.1. The molecule has 0 saturated carbocycles. The number of carbonyl (C=O) groups is 1. The number of hydrogen-bond donors (Lipinski definition) is 0. The molecule has 23 heavy (non-hydrogen) atoms. The fourth-order valence-corrected chi connectivity index (χ4v) is 3.90. The van der Waals surface area contributed by atoms with Crippen molar-refractivity contribution in [2.45, 2.75) is 11.3 Å². The molecule has 0 atom stereocenters. The van der Waals surface area contributed by atoms with E-state index in [-0.39, 0.29) is 12.3 Å². The summed E-state index contributed by atoms with van der Waals surface area (Å²) in [5, 5.41) is 5.57. The molecule has 2 aromatic carbocycles. The number of anilines is 1. The minimum atomic E-state index is 0.00729. The van der Waals surface area contributed by atoms with Crippen molar-refractivity contribution in [3.8, 4) is 0 Å². The van der Waals surface area contributed by atoms with E-state index in [4.69, 9.17) is 16.1 Å². The monoisotopic (exact) mass is 344 g/mol. The molecular weight excluding hydrogens is 332 g/mol. The summed E-state index contributed by atoms with van der Waals surface area (Å²) in [6.45, 7) is 0.673. The number of benzene rings is 2. The van der Waals surface area contributed by atoms with Gasteiger partial charge >= 0.3 is 0 Å². The summed E-state index contributed by atoms with van der Waals surface area (Å²) in [6.07, 6.45) is 0.216. The van der Waals surface area contributed by atoms with Gasteiger partial charge in [0.1, 0.15) is 5.69 Å². The number of aromatic nitrogens is 1. The Labute approximate surface area is 142 Å².